The molecule has 8 rings (SSSR count). The average molecular weight is 716 g/mol. The highest BCUT2D eigenvalue weighted by atomic mass is 35.5. The Kier molecular flexibility index (Phi) is 9.39. The Bertz CT molecular complexity index is 1930. The van der Waals surface area contributed by atoms with Gasteiger partial charge in [0.25, 0.3) is 0 Å². The van der Waals surface area contributed by atoms with Crippen LogP contribution in [0.1, 0.15) is 64.2 Å². The molecule has 1 amide bonds. The second-order valence-corrected chi connectivity index (χ2v) is 15.5. The van der Waals surface area contributed by atoms with Crippen molar-refractivity contribution in [3.8, 4) is 17.3 Å². The third-order valence-electron chi connectivity index (χ3n) is 12.1. The van der Waals surface area contributed by atoms with Crippen LogP contribution < -0.4 is 10.1 Å². The van der Waals surface area contributed by atoms with Gasteiger partial charge in [-0.2, -0.15) is 9.97 Å². The molecular weight excluding hydrogens is 669 g/mol. The SMILES string of the molecule is CN(C)C1(CNc2nc(OC[C@]34CCCN3[C@@H](COC(=O)N3CCCCC3)CC4)nc3c(F)c(-c4cccc5cccc(Cl)c45)ncc23)CCC1. The van der Waals surface area contributed by atoms with Crippen molar-refractivity contribution < 1.29 is 18.7 Å². The molecule has 3 saturated heterocycles. The number of piperidine rings is 1. The first-order valence-electron chi connectivity index (χ1n) is 18.5. The zero-order valence-electron chi connectivity index (χ0n) is 29.6. The number of amides is 1. The van der Waals surface area contributed by atoms with E-state index in [1.165, 1.54) is 12.8 Å². The summed E-state index contributed by atoms with van der Waals surface area (Å²) in [6.45, 7) is 3.88. The minimum Gasteiger partial charge on any atom is -0.461 e. The molecular formula is C39H47ClFN7O3. The maximum atomic E-state index is 16.8. The van der Waals surface area contributed by atoms with Crippen molar-refractivity contribution in [1.29, 1.82) is 0 Å². The van der Waals surface area contributed by atoms with E-state index < -0.39 is 5.82 Å². The average Bonchev–Trinajstić information content (AvgIpc) is 3.69. The summed E-state index contributed by atoms with van der Waals surface area (Å²) in [4.78, 5) is 33.5. The van der Waals surface area contributed by atoms with E-state index in [0.29, 0.717) is 41.5 Å². The molecule has 51 heavy (non-hydrogen) atoms. The van der Waals surface area contributed by atoms with E-state index in [9.17, 15) is 4.79 Å². The van der Waals surface area contributed by atoms with Crippen LogP contribution in [-0.4, -0.2) is 106 Å². The van der Waals surface area contributed by atoms with Crippen molar-refractivity contribution in [2.75, 3.05) is 58.8 Å². The minimum absolute atomic E-state index is 0.00351. The van der Waals surface area contributed by atoms with Crippen LogP contribution in [0.5, 0.6) is 6.01 Å². The van der Waals surface area contributed by atoms with Crippen LogP contribution >= 0.6 is 11.6 Å². The molecule has 12 heteroatoms. The number of carbonyl (C=O) groups is 1. The Hall–Kier alpha value is -3.80. The van der Waals surface area contributed by atoms with Gasteiger partial charge in [-0.25, -0.2) is 9.18 Å². The number of rotatable bonds is 10. The fraction of sp³-hybridized carbons (Fsp3) is 0.538. The van der Waals surface area contributed by atoms with Gasteiger partial charge in [-0.3, -0.25) is 9.88 Å². The third kappa shape index (κ3) is 6.35. The molecule has 4 aliphatic rings. The van der Waals surface area contributed by atoms with Gasteiger partial charge >= 0.3 is 12.1 Å². The molecule has 1 saturated carbocycles. The van der Waals surface area contributed by atoms with Crippen molar-refractivity contribution in [1.82, 2.24) is 29.7 Å². The summed E-state index contributed by atoms with van der Waals surface area (Å²) in [5.74, 6) is -0.0370. The van der Waals surface area contributed by atoms with Crippen LogP contribution in [0, 0.1) is 5.82 Å². The van der Waals surface area contributed by atoms with E-state index in [-0.39, 0.29) is 40.4 Å². The van der Waals surface area contributed by atoms with Crippen LogP contribution in [0.3, 0.4) is 0 Å². The van der Waals surface area contributed by atoms with Gasteiger partial charge in [0, 0.05) is 53.4 Å². The van der Waals surface area contributed by atoms with Crippen LogP contribution in [-0.2, 0) is 4.74 Å². The number of aromatic nitrogens is 3. The fourth-order valence-corrected chi connectivity index (χ4v) is 9.14. The topological polar surface area (TPSA) is 96.0 Å². The molecule has 5 heterocycles. The molecule has 0 spiro atoms. The van der Waals surface area contributed by atoms with Crippen molar-refractivity contribution in [3.05, 3.63) is 53.4 Å². The maximum Gasteiger partial charge on any atom is 0.409 e. The highest BCUT2D eigenvalue weighted by molar-refractivity contribution is 6.36. The lowest BCUT2D eigenvalue weighted by Crippen LogP contribution is -2.54. The molecule has 2 atom stereocenters. The predicted octanol–water partition coefficient (Wildman–Crippen LogP) is 7.53. The van der Waals surface area contributed by atoms with Gasteiger partial charge in [-0.05, 0) is 96.3 Å². The Labute approximate surface area is 303 Å². The van der Waals surface area contributed by atoms with E-state index in [0.717, 1.165) is 81.8 Å². The van der Waals surface area contributed by atoms with Gasteiger partial charge in [-0.15, -0.1) is 0 Å². The lowest BCUT2D eigenvalue weighted by atomic mass is 9.75. The molecule has 0 unspecified atom stereocenters. The number of anilines is 1. The van der Waals surface area contributed by atoms with Gasteiger partial charge in [0.2, 0.25) is 0 Å². The van der Waals surface area contributed by atoms with Crippen molar-refractivity contribution in [3.63, 3.8) is 0 Å². The smallest absolute Gasteiger partial charge is 0.409 e. The van der Waals surface area contributed by atoms with Crippen LogP contribution in [0.4, 0.5) is 15.0 Å². The highest BCUT2D eigenvalue weighted by Gasteiger charge is 2.50. The quantitative estimate of drug-likeness (QED) is 0.179. The molecule has 4 fully saturated rings. The lowest BCUT2D eigenvalue weighted by Gasteiger charge is -2.47. The van der Waals surface area contributed by atoms with Crippen LogP contribution in [0.2, 0.25) is 5.02 Å². The Balaban J connectivity index is 1.08. The summed E-state index contributed by atoms with van der Waals surface area (Å²) in [5.41, 5.74) is 0.727. The molecule has 1 aliphatic carbocycles. The molecule has 3 aliphatic heterocycles. The standard InChI is InChI=1S/C39H47ClFN7O3/c1-46(2)38(15-8-16-38)24-43-35-29-22-42-33(28-12-6-10-26-11-7-13-30(40)31(26)28)32(41)34(29)44-36(45-35)51-25-39-17-9-21-48(39)27(14-18-39)23-50-37(49)47-19-4-3-5-20-47/h6-7,10-13,22,27H,3-5,8-9,14-21,23-25H2,1-2H3,(H,43,44,45)/t27-,39-/m1/s1. The summed E-state index contributed by atoms with van der Waals surface area (Å²) < 4.78 is 29.1. The number of likely N-dealkylation sites (N-methyl/N-ethyl adjacent to an activating group) is 1. The predicted molar refractivity (Wildman–Crippen MR) is 198 cm³/mol. The van der Waals surface area contributed by atoms with Crippen molar-refractivity contribution in [2.24, 2.45) is 0 Å². The number of nitrogens with zero attached hydrogens (tertiary/aromatic N) is 6. The number of hydrogen-bond donors (Lipinski definition) is 1. The monoisotopic (exact) mass is 715 g/mol. The van der Waals surface area contributed by atoms with Gasteiger partial charge < -0.3 is 24.6 Å². The van der Waals surface area contributed by atoms with E-state index in [1.807, 2.05) is 41.3 Å². The number of ether oxygens (including phenoxy) is 2. The number of pyridine rings is 1. The van der Waals surface area contributed by atoms with Crippen molar-refractivity contribution >= 4 is 45.2 Å². The third-order valence-corrected chi connectivity index (χ3v) is 12.4. The molecule has 270 valence electrons. The Morgan fingerprint density at radius 3 is 2.59 bits per heavy atom. The number of likely N-dealkylation sites (tertiary alicyclic amines) is 1. The minimum atomic E-state index is -0.543. The Morgan fingerprint density at radius 2 is 1.82 bits per heavy atom. The summed E-state index contributed by atoms with van der Waals surface area (Å²) in [7, 11) is 4.21. The highest BCUT2D eigenvalue weighted by Crippen LogP contribution is 2.43. The second-order valence-electron chi connectivity index (χ2n) is 15.1. The van der Waals surface area contributed by atoms with E-state index in [2.05, 4.69) is 34.2 Å². The van der Waals surface area contributed by atoms with E-state index in [4.69, 9.17) is 31.0 Å². The fourth-order valence-electron chi connectivity index (χ4n) is 8.85. The zero-order chi connectivity index (χ0) is 35.2. The van der Waals surface area contributed by atoms with Gasteiger partial charge in [0.15, 0.2) is 5.82 Å². The lowest BCUT2D eigenvalue weighted by molar-refractivity contribution is 0.0420. The molecule has 0 bridgehead atoms. The first kappa shape index (κ1) is 34.3. The van der Waals surface area contributed by atoms with E-state index >= 15 is 4.39 Å². The summed E-state index contributed by atoms with van der Waals surface area (Å²) in [6, 6.07) is 11.6. The number of halogens is 2. The molecule has 0 radical (unpaired) electrons. The van der Waals surface area contributed by atoms with Gasteiger partial charge in [0.05, 0.1) is 10.9 Å². The summed E-state index contributed by atoms with van der Waals surface area (Å²) >= 11 is 6.65. The molecule has 1 N–H and O–H groups in total. The number of benzene rings is 2. The first-order chi connectivity index (χ1) is 24.8. The maximum absolute atomic E-state index is 16.8. The largest absolute Gasteiger partial charge is 0.461 e. The molecule has 10 nitrogen and oxygen atoms in total. The number of fused-ring (bicyclic) bond motifs is 3. The second kappa shape index (κ2) is 14.0. The van der Waals surface area contributed by atoms with Crippen LogP contribution in [0.15, 0.2) is 42.6 Å². The molecule has 2 aromatic carbocycles. The zero-order valence-corrected chi connectivity index (χ0v) is 30.4. The normalized spacial score (nSPS) is 23.1. The van der Waals surface area contributed by atoms with Gasteiger partial charge in [0.1, 0.15) is 30.2 Å². The van der Waals surface area contributed by atoms with E-state index in [1.54, 1.807) is 6.20 Å². The first-order valence-corrected chi connectivity index (χ1v) is 18.9. The van der Waals surface area contributed by atoms with Crippen molar-refractivity contribution in [2.45, 2.75) is 81.3 Å². The number of nitrogens with one attached hydrogen (secondary N) is 1. The summed E-state index contributed by atoms with van der Waals surface area (Å²) in [6.07, 6.45) is 11.9. The molecule has 2 aromatic heterocycles. The number of hydrogen-bond acceptors (Lipinski definition) is 9. The van der Waals surface area contributed by atoms with Gasteiger partial charge in [-0.1, -0.05) is 41.9 Å². The van der Waals surface area contributed by atoms with Crippen LogP contribution in [0.25, 0.3) is 32.9 Å². The Morgan fingerprint density at radius 1 is 1.02 bits per heavy atom. The number of carbonyl (C=O) groups excluding carboxylic acids is 1. The summed E-state index contributed by atoms with van der Waals surface area (Å²) in [5, 5.41) is 6.23. The molecule has 4 aromatic rings.